The third-order valence-corrected chi connectivity index (χ3v) is 3.22. The third-order valence-electron chi connectivity index (χ3n) is 3.22. The molecule has 2 rings (SSSR count). The van der Waals surface area contributed by atoms with Gasteiger partial charge in [-0.05, 0) is 24.6 Å². The number of benzene rings is 2. The van der Waals surface area contributed by atoms with Crippen LogP contribution in [0.25, 0.3) is 0 Å². The van der Waals surface area contributed by atoms with E-state index in [-0.39, 0.29) is 18.5 Å². The quantitative estimate of drug-likeness (QED) is 0.857. The van der Waals surface area contributed by atoms with Crippen LogP contribution >= 0.6 is 0 Å². The van der Waals surface area contributed by atoms with E-state index in [9.17, 15) is 4.79 Å². The van der Waals surface area contributed by atoms with E-state index in [1.807, 2.05) is 55.5 Å². The van der Waals surface area contributed by atoms with Gasteiger partial charge in [-0.15, -0.1) is 0 Å². The van der Waals surface area contributed by atoms with Crippen molar-refractivity contribution in [2.75, 3.05) is 19.0 Å². The molecule has 0 saturated heterocycles. The lowest BCUT2D eigenvalue weighted by molar-refractivity contribution is -0.115. The summed E-state index contributed by atoms with van der Waals surface area (Å²) in [5, 5.41) is 6.05. The number of carbonyl (C=O) groups is 1. The van der Waals surface area contributed by atoms with Crippen LogP contribution in [0.2, 0.25) is 0 Å². The predicted octanol–water partition coefficient (Wildman–Crippen LogP) is 2.98. The van der Waals surface area contributed by atoms with Crippen molar-refractivity contribution in [3.8, 4) is 5.75 Å². The highest BCUT2D eigenvalue weighted by Gasteiger charge is 2.07. The number of rotatable bonds is 6. The molecule has 0 aliphatic rings. The highest BCUT2D eigenvalue weighted by molar-refractivity contribution is 5.92. The molecule has 0 fully saturated rings. The summed E-state index contributed by atoms with van der Waals surface area (Å²) in [6, 6.07) is 17.5. The van der Waals surface area contributed by atoms with Crippen LogP contribution in [0.5, 0.6) is 5.75 Å². The lowest BCUT2D eigenvalue weighted by Gasteiger charge is -2.14. The van der Waals surface area contributed by atoms with Crippen LogP contribution in [0.1, 0.15) is 18.5 Å². The molecule has 0 heterocycles. The molecule has 0 radical (unpaired) electrons. The van der Waals surface area contributed by atoms with Gasteiger partial charge in [0.05, 0.1) is 13.7 Å². The van der Waals surface area contributed by atoms with Crippen LogP contribution in [0, 0.1) is 0 Å². The highest BCUT2D eigenvalue weighted by Crippen LogP contribution is 2.16. The van der Waals surface area contributed by atoms with Crippen molar-refractivity contribution in [1.29, 1.82) is 0 Å². The topological polar surface area (TPSA) is 50.4 Å². The first-order valence-corrected chi connectivity index (χ1v) is 6.91. The lowest BCUT2D eigenvalue weighted by atomic mass is 10.1. The van der Waals surface area contributed by atoms with Crippen molar-refractivity contribution >= 4 is 11.6 Å². The molecule has 0 aliphatic carbocycles. The summed E-state index contributed by atoms with van der Waals surface area (Å²) in [5.41, 5.74) is 1.89. The van der Waals surface area contributed by atoms with E-state index in [0.29, 0.717) is 0 Å². The fourth-order valence-corrected chi connectivity index (χ4v) is 2.01. The molecule has 1 amide bonds. The normalized spacial score (nSPS) is 11.7. The molecule has 0 unspecified atom stereocenters. The summed E-state index contributed by atoms with van der Waals surface area (Å²) in [6.45, 7) is 2.29. The van der Waals surface area contributed by atoms with Gasteiger partial charge in [0, 0.05) is 17.8 Å². The molecule has 0 saturated carbocycles. The average molecular weight is 284 g/mol. The van der Waals surface area contributed by atoms with Crippen LogP contribution in [0.3, 0.4) is 0 Å². The molecular weight excluding hydrogens is 264 g/mol. The van der Waals surface area contributed by atoms with Gasteiger partial charge in [-0.25, -0.2) is 0 Å². The Morgan fingerprint density at radius 2 is 1.90 bits per heavy atom. The second-order valence-electron chi connectivity index (χ2n) is 4.79. The molecule has 2 aromatic rings. The number of ether oxygens (including phenoxy) is 1. The maximum atomic E-state index is 11.9. The smallest absolute Gasteiger partial charge is 0.238 e. The molecule has 0 aliphatic heterocycles. The zero-order chi connectivity index (χ0) is 15.1. The Morgan fingerprint density at radius 3 is 2.62 bits per heavy atom. The molecule has 1 atom stereocenters. The minimum atomic E-state index is -0.0777. The van der Waals surface area contributed by atoms with Gasteiger partial charge in [-0.2, -0.15) is 0 Å². The SMILES string of the molecule is COc1cccc(NC(=O)CN[C@@H](C)c2ccccc2)c1. The van der Waals surface area contributed by atoms with Crippen molar-refractivity contribution in [2.24, 2.45) is 0 Å². The van der Waals surface area contributed by atoms with Gasteiger partial charge >= 0.3 is 0 Å². The summed E-state index contributed by atoms with van der Waals surface area (Å²) >= 11 is 0. The van der Waals surface area contributed by atoms with Gasteiger partial charge in [0.1, 0.15) is 5.75 Å². The summed E-state index contributed by atoms with van der Waals surface area (Å²) < 4.78 is 5.13. The average Bonchev–Trinajstić information content (AvgIpc) is 2.53. The van der Waals surface area contributed by atoms with Gasteiger partial charge in [0.25, 0.3) is 0 Å². The van der Waals surface area contributed by atoms with Crippen molar-refractivity contribution in [2.45, 2.75) is 13.0 Å². The first-order chi connectivity index (χ1) is 10.2. The Morgan fingerprint density at radius 1 is 1.14 bits per heavy atom. The maximum Gasteiger partial charge on any atom is 0.238 e. The Balaban J connectivity index is 1.84. The van der Waals surface area contributed by atoms with E-state index < -0.39 is 0 Å². The fraction of sp³-hybridized carbons (Fsp3) is 0.235. The molecule has 0 bridgehead atoms. The molecular formula is C17H20N2O2. The molecule has 0 spiro atoms. The summed E-state index contributed by atoms with van der Waals surface area (Å²) in [5.74, 6) is 0.643. The van der Waals surface area contributed by atoms with Gasteiger partial charge in [0.2, 0.25) is 5.91 Å². The van der Waals surface area contributed by atoms with Crippen molar-refractivity contribution in [3.63, 3.8) is 0 Å². The Bertz CT molecular complexity index is 584. The minimum Gasteiger partial charge on any atom is -0.497 e. The lowest BCUT2D eigenvalue weighted by Crippen LogP contribution is -2.30. The zero-order valence-corrected chi connectivity index (χ0v) is 12.3. The zero-order valence-electron chi connectivity index (χ0n) is 12.3. The largest absolute Gasteiger partial charge is 0.497 e. The number of hydrogen-bond acceptors (Lipinski definition) is 3. The van der Waals surface area contributed by atoms with Crippen molar-refractivity contribution in [3.05, 3.63) is 60.2 Å². The summed E-state index contributed by atoms with van der Waals surface area (Å²) in [7, 11) is 1.60. The third kappa shape index (κ3) is 4.61. The van der Waals surface area contributed by atoms with Crippen molar-refractivity contribution < 1.29 is 9.53 Å². The van der Waals surface area contributed by atoms with Crippen LogP contribution in [0.4, 0.5) is 5.69 Å². The Labute approximate surface area is 125 Å². The fourth-order valence-electron chi connectivity index (χ4n) is 2.01. The Kier molecular flexibility index (Phi) is 5.35. The molecule has 2 N–H and O–H groups in total. The number of anilines is 1. The van der Waals surface area contributed by atoms with Crippen LogP contribution < -0.4 is 15.4 Å². The molecule has 4 heteroatoms. The van der Waals surface area contributed by atoms with Gasteiger partial charge < -0.3 is 15.4 Å². The predicted molar refractivity (Wildman–Crippen MR) is 84.5 cm³/mol. The Hall–Kier alpha value is -2.33. The van der Waals surface area contributed by atoms with Crippen molar-refractivity contribution in [1.82, 2.24) is 5.32 Å². The minimum absolute atomic E-state index is 0.0777. The van der Waals surface area contributed by atoms with Crippen LogP contribution in [-0.2, 0) is 4.79 Å². The highest BCUT2D eigenvalue weighted by atomic mass is 16.5. The molecule has 21 heavy (non-hydrogen) atoms. The first-order valence-electron chi connectivity index (χ1n) is 6.91. The van der Waals surface area contributed by atoms with Gasteiger partial charge in [0.15, 0.2) is 0 Å². The number of methoxy groups -OCH3 is 1. The van der Waals surface area contributed by atoms with E-state index in [0.717, 1.165) is 17.0 Å². The number of amides is 1. The summed E-state index contributed by atoms with van der Waals surface area (Å²) in [4.78, 5) is 11.9. The van der Waals surface area contributed by atoms with E-state index in [1.54, 1.807) is 13.2 Å². The standard InChI is InChI=1S/C17H20N2O2/c1-13(14-7-4-3-5-8-14)18-12-17(20)19-15-9-6-10-16(11-15)21-2/h3-11,13,18H,12H2,1-2H3,(H,19,20)/t13-/m0/s1. The van der Waals surface area contributed by atoms with E-state index in [1.165, 1.54) is 0 Å². The van der Waals surface area contributed by atoms with Crippen LogP contribution in [0.15, 0.2) is 54.6 Å². The second kappa shape index (κ2) is 7.45. The number of carbonyl (C=O) groups excluding carboxylic acids is 1. The van der Waals surface area contributed by atoms with Gasteiger partial charge in [-0.3, -0.25) is 4.79 Å². The number of hydrogen-bond donors (Lipinski definition) is 2. The monoisotopic (exact) mass is 284 g/mol. The second-order valence-corrected chi connectivity index (χ2v) is 4.79. The summed E-state index contributed by atoms with van der Waals surface area (Å²) in [6.07, 6.45) is 0. The molecule has 110 valence electrons. The van der Waals surface area contributed by atoms with E-state index >= 15 is 0 Å². The maximum absolute atomic E-state index is 11.9. The van der Waals surface area contributed by atoms with Crippen LogP contribution in [-0.4, -0.2) is 19.6 Å². The molecule has 4 nitrogen and oxygen atoms in total. The van der Waals surface area contributed by atoms with E-state index in [2.05, 4.69) is 10.6 Å². The molecule has 0 aromatic heterocycles. The van der Waals surface area contributed by atoms with E-state index in [4.69, 9.17) is 4.74 Å². The van der Waals surface area contributed by atoms with Gasteiger partial charge in [-0.1, -0.05) is 36.4 Å². The number of nitrogens with one attached hydrogen (secondary N) is 2. The molecule has 2 aromatic carbocycles. The first kappa shape index (κ1) is 15.1.